The van der Waals surface area contributed by atoms with Crippen LogP contribution in [0.4, 0.5) is 15.8 Å². The van der Waals surface area contributed by atoms with E-state index in [4.69, 9.17) is 0 Å². The van der Waals surface area contributed by atoms with Crippen molar-refractivity contribution in [3.05, 3.63) is 59.4 Å². The maximum Gasteiger partial charge on any atom is 0.146 e. The first kappa shape index (κ1) is 15.5. The van der Waals surface area contributed by atoms with E-state index in [1.807, 2.05) is 24.0 Å². The number of halogens is 1. The van der Waals surface area contributed by atoms with E-state index in [1.165, 1.54) is 17.2 Å². The van der Waals surface area contributed by atoms with E-state index < -0.39 is 0 Å². The Morgan fingerprint density at radius 3 is 2.48 bits per heavy atom. The van der Waals surface area contributed by atoms with Crippen LogP contribution in [0.1, 0.15) is 25.0 Å². The average Bonchev–Trinajstić information content (AvgIpc) is 2.49. The number of para-hydroxylation sites is 1. The monoisotopic (exact) mass is 286 g/mol. The normalized spacial score (nSPS) is 10.7. The maximum atomic E-state index is 14.1. The molecule has 3 heteroatoms. The number of anilines is 2. The Bertz CT molecular complexity index is 596. The standard InChI is InChI=1S/C18H23FN2/c1-4-20-13-15-12-14(3)10-11-17(15)21(5-2)18-9-7-6-8-16(18)19/h6-12,20H,4-5,13H2,1-3H3. The minimum Gasteiger partial charge on any atom is -0.339 e. The molecule has 1 N–H and O–H groups in total. The third-order valence-corrected chi connectivity index (χ3v) is 3.55. The zero-order valence-corrected chi connectivity index (χ0v) is 13.0. The van der Waals surface area contributed by atoms with Gasteiger partial charge in [-0.05, 0) is 44.2 Å². The van der Waals surface area contributed by atoms with Crippen molar-refractivity contribution in [1.29, 1.82) is 0 Å². The molecule has 0 saturated carbocycles. The van der Waals surface area contributed by atoms with Crippen molar-refractivity contribution in [2.24, 2.45) is 0 Å². The van der Waals surface area contributed by atoms with Gasteiger partial charge in [-0.1, -0.05) is 36.8 Å². The quantitative estimate of drug-likeness (QED) is 0.846. The maximum absolute atomic E-state index is 14.1. The van der Waals surface area contributed by atoms with Crippen LogP contribution in [-0.2, 0) is 6.54 Å². The van der Waals surface area contributed by atoms with Crippen LogP contribution < -0.4 is 10.2 Å². The summed E-state index contributed by atoms with van der Waals surface area (Å²) in [4.78, 5) is 2.03. The van der Waals surface area contributed by atoms with Gasteiger partial charge in [0.1, 0.15) is 5.82 Å². The third-order valence-electron chi connectivity index (χ3n) is 3.55. The van der Waals surface area contributed by atoms with Gasteiger partial charge in [0.25, 0.3) is 0 Å². The fourth-order valence-corrected chi connectivity index (χ4v) is 2.52. The molecule has 2 rings (SSSR count). The molecule has 0 atom stereocenters. The van der Waals surface area contributed by atoms with Gasteiger partial charge in [0, 0.05) is 18.8 Å². The second kappa shape index (κ2) is 7.23. The number of nitrogens with zero attached hydrogens (tertiary/aromatic N) is 1. The van der Waals surface area contributed by atoms with Crippen LogP contribution >= 0.6 is 0 Å². The molecule has 2 aromatic carbocycles. The Labute approximate surface area is 126 Å². The minimum atomic E-state index is -0.186. The fourth-order valence-electron chi connectivity index (χ4n) is 2.52. The summed E-state index contributed by atoms with van der Waals surface area (Å²) in [5, 5.41) is 3.36. The molecule has 0 aliphatic rings. The fraction of sp³-hybridized carbons (Fsp3) is 0.333. The van der Waals surface area contributed by atoms with Crippen molar-refractivity contribution in [1.82, 2.24) is 5.32 Å². The van der Waals surface area contributed by atoms with Gasteiger partial charge in [0.2, 0.25) is 0 Å². The lowest BCUT2D eigenvalue weighted by molar-refractivity contribution is 0.625. The van der Waals surface area contributed by atoms with Crippen molar-refractivity contribution < 1.29 is 4.39 Å². The van der Waals surface area contributed by atoms with E-state index in [9.17, 15) is 4.39 Å². The highest BCUT2D eigenvalue weighted by atomic mass is 19.1. The van der Waals surface area contributed by atoms with Crippen LogP contribution in [0.3, 0.4) is 0 Å². The van der Waals surface area contributed by atoms with Gasteiger partial charge in [-0.2, -0.15) is 0 Å². The largest absolute Gasteiger partial charge is 0.339 e. The van der Waals surface area contributed by atoms with Gasteiger partial charge in [-0.25, -0.2) is 4.39 Å². The van der Waals surface area contributed by atoms with E-state index in [-0.39, 0.29) is 5.82 Å². The molecule has 0 bridgehead atoms. The SMILES string of the molecule is CCNCc1cc(C)ccc1N(CC)c1ccccc1F. The number of nitrogens with one attached hydrogen (secondary N) is 1. The summed E-state index contributed by atoms with van der Waals surface area (Å²) in [7, 11) is 0. The van der Waals surface area contributed by atoms with Crippen LogP contribution in [0.25, 0.3) is 0 Å². The molecule has 2 aromatic rings. The van der Waals surface area contributed by atoms with Crippen molar-refractivity contribution in [3.8, 4) is 0 Å². The summed E-state index contributed by atoms with van der Waals surface area (Å²) >= 11 is 0. The Morgan fingerprint density at radius 2 is 1.81 bits per heavy atom. The van der Waals surface area contributed by atoms with Crippen LogP contribution in [0.2, 0.25) is 0 Å². The van der Waals surface area contributed by atoms with Gasteiger partial charge >= 0.3 is 0 Å². The number of hydrogen-bond acceptors (Lipinski definition) is 2. The van der Waals surface area contributed by atoms with Gasteiger partial charge in [-0.15, -0.1) is 0 Å². The molecule has 0 fully saturated rings. The Morgan fingerprint density at radius 1 is 1.05 bits per heavy atom. The predicted octanol–water partition coefficient (Wildman–Crippen LogP) is 4.40. The Hall–Kier alpha value is -1.87. The molecule has 0 aliphatic carbocycles. The summed E-state index contributed by atoms with van der Waals surface area (Å²) in [5.74, 6) is -0.186. The van der Waals surface area contributed by atoms with Gasteiger partial charge in [-0.3, -0.25) is 0 Å². The molecule has 112 valence electrons. The van der Waals surface area contributed by atoms with Gasteiger partial charge in [0.15, 0.2) is 0 Å². The second-order valence-electron chi connectivity index (χ2n) is 5.11. The average molecular weight is 286 g/mol. The van der Waals surface area contributed by atoms with Crippen LogP contribution in [0.5, 0.6) is 0 Å². The number of hydrogen-bond donors (Lipinski definition) is 1. The smallest absolute Gasteiger partial charge is 0.146 e. The highest BCUT2D eigenvalue weighted by Gasteiger charge is 2.14. The third kappa shape index (κ3) is 3.61. The lowest BCUT2D eigenvalue weighted by Crippen LogP contribution is -2.21. The lowest BCUT2D eigenvalue weighted by Gasteiger charge is -2.26. The number of benzene rings is 2. The zero-order chi connectivity index (χ0) is 15.2. The van der Waals surface area contributed by atoms with E-state index in [1.54, 1.807) is 6.07 Å². The summed E-state index contributed by atoms with van der Waals surface area (Å²) < 4.78 is 14.1. The zero-order valence-electron chi connectivity index (χ0n) is 13.0. The minimum absolute atomic E-state index is 0.186. The van der Waals surface area contributed by atoms with E-state index >= 15 is 0 Å². The molecule has 0 aliphatic heterocycles. The highest BCUT2D eigenvalue weighted by molar-refractivity contribution is 5.67. The van der Waals surface area contributed by atoms with Crippen molar-refractivity contribution in [2.45, 2.75) is 27.3 Å². The topological polar surface area (TPSA) is 15.3 Å². The van der Waals surface area contributed by atoms with E-state index in [2.05, 4.69) is 37.4 Å². The second-order valence-corrected chi connectivity index (χ2v) is 5.11. The first-order valence-electron chi connectivity index (χ1n) is 7.49. The molecule has 2 nitrogen and oxygen atoms in total. The van der Waals surface area contributed by atoms with Crippen molar-refractivity contribution >= 4 is 11.4 Å². The Balaban J connectivity index is 2.44. The highest BCUT2D eigenvalue weighted by Crippen LogP contribution is 2.30. The predicted molar refractivity (Wildman–Crippen MR) is 87.6 cm³/mol. The molecular formula is C18H23FN2. The molecule has 0 heterocycles. The molecule has 0 radical (unpaired) electrons. The Kier molecular flexibility index (Phi) is 5.34. The van der Waals surface area contributed by atoms with Crippen LogP contribution in [0, 0.1) is 12.7 Å². The molecule has 0 aromatic heterocycles. The summed E-state index contributed by atoms with van der Waals surface area (Å²) in [6.45, 7) is 8.65. The number of rotatable bonds is 6. The van der Waals surface area contributed by atoms with Crippen molar-refractivity contribution in [3.63, 3.8) is 0 Å². The van der Waals surface area contributed by atoms with Crippen LogP contribution in [0.15, 0.2) is 42.5 Å². The first-order chi connectivity index (χ1) is 10.2. The summed E-state index contributed by atoms with van der Waals surface area (Å²) in [6.07, 6.45) is 0. The number of aryl methyl sites for hydroxylation is 1. The van der Waals surface area contributed by atoms with E-state index in [0.717, 1.165) is 25.3 Å². The van der Waals surface area contributed by atoms with Crippen molar-refractivity contribution in [2.75, 3.05) is 18.0 Å². The molecule has 0 amide bonds. The summed E-state index contributed by atoms with van der Waals surface area (Å²) in [5.41, 5.74) is 4.11. The molecule has 21 heavy (non-hydrogen) atoms. The van der Waals surface area contributed by atoms with Gasteiger partial charge < -0.3 is 10.2 Å². The van der Waals surface area contributed by atoms with Gasteiger partial charge in [0.05, 0.1) is 5.69 Å². The molecular weight excluding hydrogens is 263 g/mol. The molecule has 0 unspecified atom stereocenters. The van der Waals surface area contributed by atoms with Crippen LogP contribution in [-0.4, -0.2) is 13.1 Å². The lowest BCUT2D eigenvalue weighted by atomic mass is 10.1. The van der Waals surface area contributed by atoms with E-state index in [0.29, 0.717) is 5.69 Å². The molecule has 0 spiro atoms. The molecule has 0 saturated heterocycles. The first-order valence-corrected chi connectivity index (χ1v) is 7.49. The summed E-state index contributed by atoms with van der Waals surface area (Å²) in [6, 6.07) is 13.3.